The minimum Gasteiger partial charge on any atom is -0.494 e. The lowest BCUT2D eigenvalue weighted by Gasteiger charge is -2.10. The second-order valence-corrected chi connectivity index (χ2v) is 8.94. The molecule has 3 rings (SSSR count). The van der Waals surface area contributed by atoms with E-state index < -0.39 is 15.9 Å². The van der Waals surface area contributed by atoms with Gasteiger partial charge in [-0.25, -0.2) is 18.4 Å². The van der Waals surface area contributed by atoms with Crippen molar-refractivity contribution in [3.8, 4) is 11.6 Å². The molecule has 0 atom stereocenters. The third-order valence-electron chi connectivity index (χ3n) is 4.37. The molecule has 35 heavy (non-hydrogen) atoms. The monoisotopic (exact) mass is 513 g/mol. The molecule has 0 unspecified atom stereocenters. The maximum absolute atomic E-state index is 12.6. The fraction of sp³-hybridized carbons (Fsp3) is 0.130. The summed E-state index contributed by atoms with van der Waals surface area (Å²) >= 11 is 5.16. The van der Waals surface area contributed by atoms with Gasteiger partial charge in [-0.05, 0) is 67.2 Å². The van der Waals surface area contributed by atoms with E-state index in [1.165, 1.54) is 49.8 Å². The number of carbonyl (C=O) groups is 1. The summed E-state index contributed by atoms with van der Waals surface area (Å²) in [6.45, 7) is 2.48. The molecule has 0 fully saturated rings. The summed E-state index contributed by atoms with van der Waals surface area (Å²) in [6.07, 6.45) is 4.19. The summed E-state index contributed by atoms with van der Waals surface area (Å²) in [6, 6.07) is 14.5. The van der Waals surface area contributed by atoms with Crippen molar-refractivity contribution in [2.75, 3.05) is 23.8 Å². The predicted octanol–water partition coefficient (Wildman–Crippen LogP) is 3.21. The average Bonchev–Trinajstić information content (AvgIpc) is 2.84. The number of thiocarbonyl (C=S) groups is 1. The Kier molecular flexibility index (Phi) is 8.70. The van der Waals surface area contributed by atoms with E-state index >= 15 is 0 Å². The number of sulfonamides is 1. The molecule has 0 aliphatic heterocycles. The Hall–Kier alpha value is -4.03. The Bertz CT molecular complexity index is 1310. The van der Waals surface area contributed by atoms with Gasteiger partial charge in [-0.15, -0.1) is 0 Å². The van der Waals surface area contributed by atoms with Crippen LogP contribution in [0.15, 0.2) is 71.9 Å². The molecule has 0 bridgehead atoms. The topological polar surface area (TPSA) is 132 Å². The molecule has 12 heteroatoms. The molecule has 1 heterocycles. The summed E-state index contributed by atoms with van der Waals surface area (Å²) in [5, 5.41) is 5.43. The lowest BCUT2D eigenvalue weighted by molar-refractivity contribution is -0.115. The molecule has 1 amide bonds. The summed E-state index contributed by atoms with van der Waals surface area (Å²) in [7, 11) is -2.47. The number of amides is 1. The molecule has 0 spiro atoms. The highest BCUT2D eigenvalue weighted by Crippen LogP contribution is 2.19. The van der Waals surface area contributed by atoms with Crippen molar-refractivity contribution < 1.29 is 22.7 Å². The summed E-state index contributed by atoms with van der Waals surface area (Å²) < 4.78 is 37.9. The van der Waals surface area contributed by atoms with Gasteiger partial charge in [-0.1, -0.05) is 12.1 Å². The molecule has 1 aromatic heterocycles. The van der Waals surface area contributed by atoms with E-state index in [1.54, 1.807) is 6.08 Å². The normalized spacial score (nSPS) is 11.0. The molecule has 182 valence electrons. The number of anilines is 2. The van der Waals surface area contributed by atoms with Gasteiger partial charge in [-0.2, -0.15) is 0 Å². The zero-order valence-electron chi connectivity index (χ0n) is 18.9. The van der Waals surface area contributed by atoms with E-state index in [1.807, 2.05) is 31.2 Å². The van der Waals surface area contributed by atoms with Gasteiger partial charge in [0, 0.05) is 17.8 Å². The van der Waals surface area contributed by atoms with Crippen molar-refractivity contribution in [3.05, 3.63) is 72.6 Å². The Morgan fingerprint density at radius 3 is 2.46 bits per heavy atom. The minimum absolute atomic E-state index is 0.00821. The predicted molar refractivity (Wildman–Crippen MR) is 137 cm³/mol. The highest BCUT2D eigenvalue weighted by atomic mass is 32.2. The Balaban J connectivity index is 1.54. The van der Waals surface area contributed by atoms with Gasteiger partial charge in [0.2, 0.25) is 11.8 Å². The van der Waals surface area contributed by atoms with E-state index in [9.17, 15) is 13.2 Å². The van der Waals surface area contributed by atoms with Gasteiger partial charge in [0.1, 0.15) is 17.9 Å². The second-order valence-electron chi connectivity index (χ2n) is 6.85. The third kappa shape index (κ3) is 7.76. The van der Waals surface area contributed by atoms with Crippen LogP contribution in [0.3, 0.4) is 0 Å². The number of aromatic nitrogens is 2. The van der Waals surface area contributed by atoms with Gasteiger partial charge in [0.15, 0.2) is 5.11 Å². The molecule has 0 aliphatic rings. The van der Waals surface area contributed by atoms with Crippen LogP contribution in [0.2, 0.25) is 0 Å². The number of nitrogens with zero attached hydrogens (tertiary/aromatic N) is 2. The third-order valence-corrected chi connectivity index (χ3v) is 5.94. The number of methoxy groups -OCH3 is 1. The molecule has 0 saturated carbocycles. The van der Waals surface area contributed by atoms with Crippen LogP contribution in [0.5, 0.6) is 11.6 Å². The average molecular weight is 514 g/mol. The summed E-state index contributed by atoms with van der Waals surface area (Å²) in [5.41, 5.74) is 1.32. The Morgan fingerprint density at radius 2 is 1.80 bits per heavy atom. The smallest absolute Gasteiger partial charge is 0.263 e. The van der Waals surface area contributed by atoms with E-state index in [0.29, 0.717) is 12.3 Å². The first-order valence-corrected chi connectivity index (χ1v) is 12.2. The number of rotatable bonds is 9. The van der Waals surface area contributed by atoms with Gasteiger partial charge in [-0.3, -0.25) is 14.8 Å². The van der Waals surface area contributed by atoms with Crippen LogP contribution in [0.4, 0.5) is 11.5 Å². The Morgan fingerprint density at radius 1 is 1.09 bits per heavy atom. The summed E-state index contributed by atoms with van der Waals surface area (Å²) in [5.74, 6) is 0.631. The molecular formula is C23H23N5O5S2. The van der Waals surface area contributed by atoms with Crippen molar-refractivity contribution in [1.82, 2.24) is 15.3 Å². The lowest BCUT2D eigenvalue weighted by atomic mass is 10.2. The van der Waals surface area contributed by atoms with E-state index in [2.05, 4.69) is 25.3 Å². The molecule has 0 saturated heterocycles. The maximum atomic E-state index is 12.6. The molecule has 3 N–H and O–H groups in total. The molecule has 0 radical (unpaired) electrons. The lowest BCUT2D eigenvalue weighted by Crippen LogP contribution is -2.32. The molecular weight excluding hydrogens is 490 g/mol. The molecule has 2 aromatic carbocycles. The van der Waals surface area contributed by atoms with Gasteiger partial charge in [0.25, 0.3) is 10.0 Å². The highest BCUT2D eigenvalue weighted by Gasteiger charge is 2.15. The first-order chi connectivity index (χ1) is 16.8. The minimum atomic E-state index is -3.89. The molecule has 0 aliphatic carbocycles. The largest absolute Gasteiger partial charge is 0.494 e. The number of carbonyl (C=O) groups excluding carboxylic acids is 1. The standard InChI is InChI=1S/C23H23N5O5S2/c1-3-33-18-9-4-16(5-10-18)6-13-21(29)27-23(34)26-17-7-11-19(12-8-17)35(30,31)28-20-14-22(32-2)25-15-24-20/h4-15H,3H2,1-2H3,(H,24,25,28)(H2,26,27,29,34)/b13-6+. The van der Waals surface area contributed by atoms with Crippen LogP contribution in [-0.4, -0.2) is 43.1 Å². The van der Waals surface area contributed by atoms with Crippen molar-refractivity contribution in [3.63, 3.8) is 0 Å². The number of benzene rings is 2. The van der Waals surface area contributed by atoms with E-state index in [-0.39, 0.29) is 21.7 Å². The highest BCUT2D eigenvalue weighted by molar-refractivity contribution is 7.92. The van der Waals surface area contributed by atoms with Gasteiger partial charge >= 0.3 is 0 Å². The quantitative estimate of drug-likeness (QED) is 0.291. The van der Waals surface area contributed by atoms with E-state index in [4.69, 9.17) is 21.7 Å². The van der Waals surface area contributed by atoms with Crippen LogP contribution in [0.25, 0.3) is 6.08 Å². The van der Waals surface area contributed by atoms with Crippen molar-refractivity contribution in [2.24, 2.45) is 0 Å². The molecule has 10 nitrogen and oxygen atoms in total. The molecule has 3 aromatic rings. The van der Waals surface area contributed by atoms with Crippen molar-refractivity contribution in [1.29, 1.82) is 0 Å². The van der Waals surface area contributed by atoms with Crippen LogP contribution < -0.4 is 24.8 Å². The SMILES string of the molecule is CCOc1ccc(/C=C/C(=O)NC(=S)Nc2ccc(S(=O)(=O)Nc3cc(OC)ncn3)cc2)cc1. The maximum Gasteiger partial charge on any atom is 0.263 e. The van der Waals surface area contributed by atoms with Crippen molar-refractivity contribution in [2.45, 2.75) is 11.8 Å². The fourth-order valence-corrected chi connectivity index (χ4v) is 3.97. The number of nitrogens with one attached hydrogen (secondary N) is 3. The van der Waals surface area contributed by atoms with Crippen LogP contribution in [0, 0.1) is 0 Å². The van der Waals surface area contributed by atoms with Crippen molar-refractivity contribution >= 4 is 50.8 Å². The zero-order valence-corrected chi connectivity index (χ0v) is 20.5. The van der Waals surface area contributed by atoms with Crippen LogP contribution >= 0.6 is 12.2 Å². The Labute approximate surface area is 208 Å². The fourth-order valence-electron chi connectivity index (χ4n) is 2.75. The number of hydrogen-bond acceptors (Lipinski definition) is 8. The van der Waals surface area contributed by atoms with E-state index in [0.717, 1.165) is 11.3 Å². The number of hydrogen-bond donors (Lipinski definition) is 3. The zero-order chi connectivity index (χ0) is 25.3. The van der Waals surface area contributed by atoms with Gasteiger partial charge in [0.05, 0.1) is 18.6 Å². The van der Waals surface area contributed by atoms with Crippen LogP contribution in [-0.2, 0) is 14.8 Å². The first-order valence-electron chi connectivity index (χ1n) is 10.3. The summed E-state index contributed by atoms with van der Waals surface area (Å²) in [4.78, 5) is 19.8. The first kappa shape index (κ1) is 25.6. The second kappa shape index (κ2) is 11.9. The van der Waals surface area contributed by atoms with Gasteiger partial charge < -0.3 is 14.8 Å². The number of ether oxygens (including phenoxy) is 2. The van der Waals surface area contributed by atoms with Crippen LogP contribution in [0.1, 0.15) is 12.5 Å².